The maximum absolute atomic E-state index is 10.7. The number of nitro groups is 1. The molecule has 0 aromatic heterocycles. The third-order valence-corrected chi connectivity index (χ3v) is 2.16. The molecule has 0 atom stereocenters. The zero-order chi connectivity index (χ0) is 11.3. The smallest absolute Gasteiger partial charge is 0.278 e. The van der Waals surface area contributed by atoms with E-state index >= 15 is 0 Å². The Morgan fingerprint density at radius 1 is 1.60 bits per heavy atom. The summed E-state index contributed by atoms with van der Waals surface area (Å²) in [6.45, 7) is 0.641. The lowest BCUT2D eigenvalue weighted by atomic mass is 10.1. The minimum absolute atomic E-state index is 0.0230. The number of hydrogen-bond donors (Lipinski definition) is 1. The van der Waals surface area contributed by atoms with Crippen LogP contribution in [0.5, 0.6) is 0 Å². The van der Waals surface area contributed by atoms with Gasteiger partial charge in [-0.05, 0) is 19.2 Å². The van der Waals surface area contributed by atoms with E-state index in [-0.39, 0.29) is 5.69 Å². The normalized spacial score (nSPS) is 10.8. The van der Waals surface area contributed by atoms with Crippen molar-refractivity contribution in [1.29, 1.82) is 0 Å². The fourth-order valence-electron chi connectivity index (χ4n) is 1.14. The minimum atomic E-state index is -0.440. The fraction of sp³-hybridized carbons (Fsp3) is 0.200. The molecule has 0 radical (unpaired) electrons. The Hall–Kier alpha value is -1.39. The van der Waals surface area contributed by atoms with Gasteiger partial charge < -0.3 is 5.32 Å². The zero-order valence-corrected chi connectivity index (χ0v) is 8.99. The van der Waals surface area contributed by atoms with Crippen molar-refractivity contribution in [3.8, 4) is 0 Å². The Bertz CT molecular complexity index is 391. The van der Waals surface area contributed by atoms with Crippen LogP contribution in [0.3, 0.4) is 0 Å². The third kappa shape index (κ3) is 3.04. The molecule has 15 heavy (non-hydrogen) atoms. The molecule has 0 unspecified atom stereocenters. The molecule has 1 aromatic rings. The highest BCUT2D eigenvalue weighted by atomic mass is 35.5. The van der Waals surface area contributed by atoms with E-state index in [2.05, 4.69) is 5.32 Å². The maximum atomic E-state index is 10.7. The molecule has 0 aliphatic heterocycles. The fourth-order valence-corrected chi connectivity index (χ4v) is 1.38. The second-order valence-electron chi connectivity index (χ2n) is 2.89. The first-order valence-electron chi connectivity index (χ1n) is 4.41. The highest BCUT2D eigenvalue weighted by Gasteiger charge is 2.13. The van der Waals surface area contributed by atoms with Crippen molar-refractivity contribution in [2.75, 3.05) is 13.6 Å². The molecule has 0 amide bonds. The average Bonchev–Trinajstić information content (AvgIpc) is 2.20. The van der Waals surface area contributed by atoms with Crippen LogP contribution in [0.1, 0.15) is 5.56 Å². The molecule has 1 N–H and O–H groups in total. The Kier molecular flexibility index (Phi) is 4.27. The van der Waals surface area contributed by atoms with Crippen molar-refractivity contribution < 1.29 is 4.92 Å². The van der Waals surface area contributed by atoms with Crippen molar-refractivity contribution in [1.82, 2.24) is 5.32 Å². The van der Waals surface area contributed by atoms with Crippen molar-refractivity contribution >= 4 is 23.4 Å². The second-order valence-corrected chi connectivity index (χ2v) is 3.30. The summed E-state index contributed by atoms with van der Waals surface area (Å²) in [7, 11) is 1.80. The van der Waals surface area contributed by atoms with Crippen molar-refractivity contribution in [3.63, 3.8) is 0 Å². The highest BCUT2D eigenvalue weighted by molar-refractivity contribution is 6.32. The van der Waals surface area contributed by atoms with Crippen molar-refractivity contribution in [2.24, 2.45) is 0 Å². The lowest BCUT2D eigenvalue weighted by Gasteiger charge is -1.99. The number of nitrogens with zero attached hydrogens (tertiary/aromatic N) is 1. The quantitative estimate of drug-likeness (QED) is 0.634. The monoisotopic (exact) mass is 226 g/mol. The predicted octanol–water partition coefficient (Wildman–Crippen LogP) is 2.48. The van der Waals surface area contributed by atoms with Crippen LogP contribution in [-0.2, 0) is 0 Å². The Morgan fingerprint density at radius 3 is 2.93 bits per heavy atom. The molecule has 1 aromatic carbocycles. The summed E-state index contributed by atoms with van der Waals surface area (Å²) < 4.78 is 0. The van der Waals surface area contributed by atoms with Gasteiger partial charge in [0.2, 0.25) is 0 Å². The number of nitro benzene ring substituents is 1. The average molecular weight is 227 g/mol. The summed E-state index contributed by atoms with van der Waals surface area (Å²) in [5, 5.41) is 14.0. The molecule has 5 heteroatoms. The third-order valence-electron chi connectivity index (χ3n) is 1.83. The summed E-state index contributed by atoms with van der Waals surface area (Å²) in [6, 6.07) is 4.63. The largest absolute Gasteiger partial charge is 0.316 e. The molecule has 0 saturated carbocycles. The molecule has 0 aliphatic rings. The number of halogens is 1. The molecule has 0 saturated heterocycles. The SMILES string of the molecule is CNCC=Cc1c(Cl)cccc1[N+](=O)[O-]. The van der Waals surface area contributed by atoms with E-state index in [1.807, 2.05) is 0 Å². The standard InChI is InChI=1S/C10H11ClN2O2/c1-12-7-3-4-8-9(11)5-2-6-10(8)13(14)15/h2-6,12H,7H2,1H3. The van der Waals surface area contributed by atoms with Crippen LogP contribution in [0.2, 0.25) is 5.02 Å². The second kappa shape index (κ2) is 5.48. The van der Waals surface area contributed by atoms with Crippen LogP contribution in [0.15, 0.2) is 24.3 Å². The van der Waals surface area contributed by atoms with E-state index in [9.17, 15) is 10.1 Å². The number of nitrogens with one attached hydrogen (secondary N) is 1. The first-order chi connectivity index (χ1) is 7.16. The molecule has 0 spiro atoms. The van der Waals surface area contributed by atoms with E-state index in [1.165, 1.54) is 6.07 Å². The lowest BCUT2D eigenvalue weighted by molar-refractivity contribution is -0.385. The molecule has 0 aliphatic carbocycles. The maximum Gasteiger partial charge on any atom is 0.278 e. The molecule has 4 nitrogen and oxygen atoms in total. The predicted molar refractivity (Wildman–Crippen MR) is 61.1 cm³/mol. The van der Waals surface area contributed by atoms with Crippen LogP contribution in [0.25, 0.3) is 6.08 Å². The van der Waals surface area contributed by atoms with Gasteiger partial charge in [-0.1, -0.05) is 23.7 Å². The van der Waals surface area contributed by atoms with Crippen molar-refractivity contribution in [3.05, 3.63) is 45.0 Å². The molecule has 0 fully saturated rings. The number of rotatable bonds is 4. The molecule has 0 heterocycles. The van der Waals surface area contributed by atoms with Gasteiger partial charge in [-0.15, -0.1) is 0 Å². The molecule has 80 valence electrons. The molecular weight excluding hydrogens is 216 g/mol. The van der Waals surface area contributed by atoms with Gasteiger partial charge in [0.25, 0.3) is 5.69 Å². The molecule has 1 rings (SSSR count). The van der Waals surface area contributed by atoms with Gasteiger partial charge in [0, 0.05) is 12.6 Å². The van der Waals surface area contributed by atoms with Gasteiger partial charge in [-0.2, -0.15) is 0 Å². The minimum Gasteiger partial charge on any atom is -0.316 e. The molecule has 0 bridgehead atoms. The topological polar surface area (TPSA) is 55.2 Å². The summed E-state index contributed by atoms with van der Waals surface area (Å²) >= 11 is 5.88. The number of benzene rings is 1. The van der Waals surface area contributed by atoms with E-state index in [1.54, 1.807) is 31.3 Å². The van der Waals surface area contributed by atoms with E-state index in [0.29, 0.717) is 17.1 Å². The summed E-state index contributed by atoms with van der Waals surface area (Å²) in [5.41, 5.74) is 0.467. The Morgan fingerprint density at radius 2 is 2.33 bits per heavy atom. The van der Waals surface area contributed by atoms with Crippen LogP contribution in [0, 0.1) is 10.1 Å². The summed E-state index contributed by atoms with van der Waals surface area (Å²) in [5.74, 6) is 0. The summed E-state index contributed by atoms with van der Waals surface area (Å²) in [6.07, 6.45) is 3.44. The molecular formula is C10H11ClN2O2. The van der Waals surface area contributed by atoms with Gasteiger partial charge in [0.1, 0.15) is 0 Å². The van der Waals surface area contributed by atoms with Crippen LogP contribution in [-0.4, -0.2) is 18.5 Å². The number of hydrogen-bond acceptors (Lipinski definition) is 3. The number of likely N-dealkylation sites (N-methyl/N-ethyl adjacent to an activating group) is 1. The van der Waals surface area contributed by atoms with Gasteiger partial charge in [0.15, 0.2) is 0 Å². The zero-order valence-electron chi connectivity index (χ0n) is 8.24. The lowest BCUT2D eigenvalue weighted by Crippen LogP contribution is -2.03. The van der Waals surface area contributed by atoms with Gasteiger partial charge in [0.05, 0.1) is 15.5 Å². The first kappa shape index (κ1) is 11.7. The van der Waals surface area contributed by atoms with E-state index < -0.39 is 4.92 Å². The van der Waals surface area contributed by atoms with E-state index in [0.717, 1.165) is 0 Å². The van der Waals surface area contributed by atoms with Gasteiger partial charge in [-0.25, -0.2) is 0 Å². The first-order valence-corrected chi connectivity index (χ1v) is 4.78. The van der Waals surface area contributed by atoms with Gasteiger partial charge in [-0.3, -0.25) is 10.1 Å². The Labute approximate surface area is 92.7 Å². The van der Waals surface area contributed by atoms with Crippen LogP contribution < -0.4 is 5.32 Å². The van der Waals surface area contributed by atoms with Crippen LogP contribution >= 0.6 is 11.6 Å². The van der Waals surface area contributed by atoms with E-state index in [4.69, 9.17) is 11.6 Å². The van der Waals surface area contributed by atoms with Crippen molar-refractivity contribution in [2.45, 2.75) is 0 Å². The van der Waals surface area contributed by atoms with Crippen LogP contribution in [0.4, 0.5) is 5.69 Å². The highest BCUT2D eigenvalue weighted by Crippen LogP contribution is 2.27. The summed E-state index contributed by atoms with van der Waals surface area (Å²) in [4.78, 5) is 10.3. The Balaban J connectivity index is 3.07. The van der Waals surface area contributed by atoms with Gasteiger partial charge >= 0.3 is 0 Å².